The number of hydrogen-bond acceptors (Lipinski definition) is 12. The number of benzene rings is 1. The van der Waals surface area contributed by atoms with Crippen LogP contribution >= 0.6 is 0 Å². The van der Waals surface area contributed by atoms with Crippen LogP contribution in [0.4, 0.5) is 0 Å². The van der Waals surface area contributed by atoms with Crippen LogP contribution in [0.5, 0.6) is 11.5 Å². The second-order valence-electron chi connectivity index (χ2n) is 7.30. The summed E-state index contributed by atoms with van der Waals surface area (Å²) in [4.78, 5) is 12.0. The summed E-state index contributed by atoms with van der Waals surface area (Å²) in [6.07, 6.45) is -8.98. The first-order valence-corrected chi connectivity index (χ1v) is 9.76. The molecule has 12 heteroatoms. The number of rotatable bonds is 7. The van der Waals surface area contributed by atoms with Gasteiger partial charge in [0.25, 0.3) is 0 Å². The molecule has 2 fully saturated rings. The molecule has 2 aliphatic heterocycles. The highest BCUT2D eigenvalue weighted by Gasteiger charge is 2.48. The monoisotopic (exact) mass is 458 g/mol. The van der Waals surface area contributed by atoms with Gasteiger partial charge in [0, 0.05) is 6.08 Å². The van der Waals surface area contributed by atoms with Gasteiger partial charge in [0.1, 0.15) is 43.2 Å². The molecule has 0 radical (unpaired) electrons. The molecule has 0 aromatic heterocycles. The third kappa shape index (κ3) is 5.54. The maximum atomic E-state index is 12.0. The molecule has 32 heavy (non-hydrogen) atoms. The van der Waals surface area contributed by atoms with Crippen LogP contribution in [0.1, 0.15) is 5.56 Å². The minimum atomic E-state index is -1.58. The molecule has 2 heterocycles. The molecule has 0 saturated carbocycles. The maximum absolute atomic E-state index is 12.0. The standard InChI is InChI=1S/C20H26O12/c1-28-12-6-9(2-4-10(12)21)3-5-14(23)29-8-13-16(25)17(26)20(31-13)32-18-15(24)11(22)7-30-19(18)27/h2-6,11,13,15-22,24-27H,7-8H2,1H3. The zero-order valence-electron chi connectivity index (χ0n) is 17.1. The molecule has 178 valence electrons. The number of ether oxygens (including phenoxy) is 5. The van der Waals surface area contributed by atoms with Crippen molar-refractivity contribution in [2.45, 2.75) is 49.2 Å². The van der Waals surface area contributed by atoms with E-state index in [4.69, 9.17) is 23.7 Å². The smallest absolute Gasteiger partial charge is 0.330 e. The number of esters is 1. The van der Waals surface area contributed by atoms with Crippen molar-refractivity contribution in [2.75, 3.05) is 20.3 Å². The summed E-state index contributed by atoms with van der Waals surface area (Å²) in [5.41, 5.74) is 0.562. The predicted molar refractivity (Wildman–Crippen MR) is 104 cm³/mol. The van der Waals surface area contributed by atoms with Crippen molar-refractivity contribution >= 4 is 12.0 Å². The average Bonchev–Trinajstić information content (AvgIpc) is 3.05. The molecule has 1 aromatic carbocycles. The fourth-order valence-corrected chi connectivity index (χ4v) is 3.22. The van der Waals surface area contributed by atoms with Gasteiger partial charge >= 0.3 is 5.97 Å². The maximum Gasteiger partial charge on any atom is 0.330 e. The average molecular weight is 458 g/mol. The molecule has 0 bridgehead atoms. The molecular formula is C20H26O12. The number of methoxy groups -OCH3 is 1. The van der Waals surface area contributed by atoms with Gasteiger partial charge in [0.05, 0.1) is 13.7 Å². The number of aliphatic hydroxyl groups is 5. The Kier molecular flexibility index (Phi) is 8.03. The molecule has 12 nitrogen and oxygen atoms in total. The van der Waals surface area contributed by atoms with Crippen molar-refractivity contribution in [3.63, 3.8) is 0 Å². The van der Waals surface area contributed by atoms with Crippen molar-refractivity contribution in [3.05, 3.63) is 29.8 Å². The first kappa shape index (κ1) is 24.4. The van der Waals surface area contributed by atoms with Crippen LogP contribution in [-0.2, 0) is 23.7 Å². The number of aliphatic hydroxyl groups excluding tert-OH is 5. The van der Waals surface area contributed by atoms with Crippen LogP contribution in [-0.4, -0.2) is 106 Å². The Labute approximate surface area is 182 Å². The SMILES string of the molecule is COc1cc(C=CC(=O)OCC2OC(OC3C(O)OCC(O)C3O)C(O)C2O)ccc1O. The van der Waals surface area contributed by atoms with Crippen molar-refractivity contribution in [1.82, 2.24) is 0 Å². The van der Waals surface area contributed by atoms with E-state index in [9.17, 15) is 35.4 Å². The van der Waals surface area contributed by atoms with Gasteiger partial charge in [-0.2, -0.15) is 0 Å². The van der Waals surface area contributed by atoms with Gasteiger partial charge in [-0.25, -0.2) is 4.79 Å². The van der Waals surface area contributed by atoms with Crippen molar-refractivity contribution in [3.8, 4) is 11.5 Å². The molecule has 3 rings (SSSR count). The van der Waals surface area contributed by atoms with Crippen LogP contribution < -0.4 is 4.74 Å². The number of phenols is 1. The first-order chi connectivity index (χ1) is 15.2. The van der Waals surface area contributed by atoms with E-state index < -0.39 is 61.8 Å². The highest BCUT2D eigenvalue weighted by Crippen LogP contribution is 2.28. The van der Waals surface area contributed by atoms with E-state index in [-0.39, 0.29) is 18.1 Å². The highest BCUT2D eigenvalue weighted by molar-refractivity contribution is 5.87. The van der Waals surface area contributed by atoms with Crippen LogP contribution in [0.15, 0.2) is 24.3 Å². The largest absolute Gasteiger partial charge is 0.504 e. The van der Waals surface area contributed by atoms with Crippen molar-refractivity contribution in [2.24, 2.45) is 0 Å². The fourth-order valence-electron chi connectivity index (χ4n) is 3.22. The molecule has 2 saturated heterocycles. The zero-order chi connectivity index (χ0) is 23.4. The minimum absolute atomic E-state index is 0.0516. The lowest BCUT2D eigenvalue weighted by Gasteiger charge is -2.36. The Hall–Kier alpha value is -2.29. The van der Waals surface area contributed by atoms with Crippen LogP contribution in [0.25, 0.3) is 6.08 Å². The van der Waals surface area contributed by atoms with Gasteiger partial charge in [-0.3, -0.25) is 0 Å². The molecule has 2 aliphatic rings. The van der Waals surface area contributed by atoms with Gasteiger partial charge in [-0.05, 0) is 23.8 Å². The van der Waals surface area contributed by atoms with Crippen LogP contribution in [0.3, 0.4) is 0 Å². The summed E-state index contributed by atoms with van der Waals surface area (Å²) in [5, 5.41) is 59.2. The minimum Gasteiger partial charge on any atom is -0.504 e. The molecule has 0 amide bonds. The van der Waals surface area contributed by atoms with E-state index >= 15 is 0 Å². The quantitative estimate of drug-likeness (QED) is 0.193. The van der Waals surface area contributed by atoms with E-state index in [1.54, 1.807) is 6.07 Å². The van der Waals surface area contributed by atoms with Gasteiger partial charge in [-0.1, -0.05) is 6.07 Å². The van der Waals surface area contributed by atoms with E-state index in [0.717, 1.165) is 6.08 Å². The van der Waals surface area contributed by atoms with Crippen LogP contribution in [0.2, 0.25) is 0 Å². The summed E-state index contributed by atoms with van der Waals surface area (Å²) < 4.78 is 25.5. The molecular weight excluding hydrogens is 432 g/mol. The van der Waals surface area contributed by atoms with E-state index in [1.807, 2.05) is 0 Å². The Bertz CT molecular complexity index is 814. The first-order valence-electron chi connectivity index (χ1n) is 9.76. The van der Waals surface area contributed by atoms with E-state index in [0.29, 0.717) is 5.56 Å². The lowest BCUT2D eigenvalue weighted by atomic mass is 10.1. The summed E-state index contributed by atoms with van der Waals surface area (Å²) in [6.45, 7) is -0.725. The summed E-state index contributed by atoms with van der Waals surface area (Å²) >= 11 is 0. The molecule has 6 N–H and O–H groups in total. The summed E-state index contributed by atoms with van der Waals surface area (Å²) in [6, 6.07) is 4.47. The molecule has 0 aliphatic carbocycles. The Morgan fingerprint density at radius 2 is 1.91 bits per heavy atom. The number of aromatic hydroxyl groups is 1. The predicted octanol–water partition coefficient (Wildman–Crippen LogP) is -2.14. The number of hydrogen-bond donors (Lipinski definition) is 6. The van der Waals surface area contributed by atoms with Gasteiger partial charge in [0.2, 0.25) is 0 Å². The van der Waals surface area contributed by atoms with Crippen molar-refractivity contribution < 1.29 is 59.1 Å². The molecule has 8 atom stereocenters. The molecule has 1 aromatic rings. The van der Waals surface area contributed by atoms with Gasteiger partial charge in [-0.15, -0.1) is 0 Å². The van der Waals surface area contributed by atoms with Crippen molar-refractivity contribution in [1.29, 1.82) is 0 Å². The van der Waals surface area contributed by atoms with Gasteiger partial charge < -0.3 is 54.3 Å². The van der Waals surface area contributed by atoms with Crippen LogP contribution in [0, 0.1) is 0 Å². The third-order valence-corrected chi connectivity index (χ3v) is 5.06. The van der Waals surface area contributed by atoms with Gasteiger partial charge in [0.15, 0.2) is 24.1 Å². The Morgan fingerprint density at radius 3 is 2.62 bits per heavy atom. The number of carbonyl (C=O) groups is 1. The van der Waals surface area contributed by atoms with E-state index in [2.05, 4.69) is 0 Å². The molecule has 0 spiro atoms. The Morgan fingerprint density at radius 1 is 1.16 bits per heavy atom. The topological polar surface area (TPSA) is 185 Å². The second-order valence-corrected chi connectivity index (χ2v) is 7.30. The second kappa shape index (κ2) is 10.6. The lowest BCUT2D eigenvalue weighted by molar-refractivity contribution is -0.307. The summed E-state index contributed by atoms with van der Waals surface area (Å²) in [5.74, 6) is -0.584. The zero-order valence-corrected chi connectivity index (χ0v) is 17.1. The fraction of sp³-hybridized carbons (Fsp3) is 0.550. The van der Waals surface area contributed by atoms with E-state index in [1.165, 1.54) is 25.3 Å². The highest BCUT2D eigenvalue weighted by atomic mass is 16.7. The molecule has 8 unspecified atom stereocenters. The number of phenolic OH excluding ortho intramolecular Hbond substituents is 1. The summed E-state index contributed by atoms with van der Waals surface area (Å²) in [7, 11) is 1.39. The third-order valence-electron chi connectivity index (χ3n) is 5.06. The lowest BCUT2D eigenvalue weighted by Crippen LogP contribution is -2.56. The normalized spacial score (nSPS) is 35.2. The number of carbonyl (C=O) groups excluding carboxylic acids is 1. The Balaban J connectivity index is 1.52.